The zero-order chi connectivity index (χ0) is 6.27. The monoisotopic (exact) mass is 122 g/mol. The minimum Gasteiger partial charge on any atom is -0.103 e. The van der Waals surface area contributed by atoms with E-state index in [2.05, 4.69) is 12.7 Å². The van der Waals surface area contributed by atoms with Gasteiger partial charge in [-0.05, 0) is 37.0 Å². The maximum absolute atomic E-state index is 3.86. The molecule has 2 aliphatic carbocycles. The maximum atomic E-state index is 3.86. The molecule has 0 N–H and O–H groups in total. The quantitative estimate of drug-likeness (QED) is 0.469. The fourth-order valence-electron chi connectivity index (χ4n) is 2.58. The van der Waals surface area contributed by atoms with E-state index in [1.54, 1.807) is 0 Å². The summed E-state index contributed by atoms with van der Waals surface area (Å²) in [7, 11) is 0. The van der Waals surface area contributed by atoms with E-state index in [-0.39, 0.29) is 0 Å². The molecule has 2 bridgehead atoms. The van der Waals surface area contributed by atoms with Gasteiger partial charge in [0.05, 0.1) is 0 Å². The first-order chi connectivity index (χ1) is 4.40. The van der Waals surface area contributed by atoms with Crippen molar-refractivity contribution in [2.75, 3.05) is 0 Å². The summed E-state index contributed by atoms with van der Waals surface area (Å²) in [6.07, 6.45) is 8.13. The van der Waals surface area contributed by atoms with E-state index in [0.29, 0.717) is 0 Å². The molecule has 0 spiro atoms. The minimum atomic E-state index is 0.892. The van der Waals surface area contributed by atoms with E-state index in [9.17, 15) is 0 Å². The molecule has 50 valence electrons. The van der Waals surface area contributed by atoms with E-state index < -0.39 is 0 Å². The Bertz CT molecular complexity index is 126. The minimum absolute atomic E-state index is 0.892. The molecule has 2 rings (SSSR count). The molecule has 2 saturated carbocycles. The van der Waals surface area contributed by atoms with Gasteiger partial charge in [0.25, 0.3) is 0 Å². The molecule has 0 radical (unpaired) electrons. The lowest BCUT2D eigenvalue weighted by Crippen LogP contribution is -2.06. The van der Waals surface area contributed by atoms with Gasteiger partial charge in [-0.15, -0.1) is 6.58 Å². The van der Waals surface area contributed by atoms with Gasteiger partial charge < -0.3 is 0 Å². The Kier molecular flexibility index (Phi) is 1.14. The topological polar surface area (TPSA) is 0 Å². The standard InChI is InChI=1S/C9H14/c1-2-8-5-7-3-4-9(8)6-7/h2,7-9H,1,3-6H2/t7?,8-,9?/m1/s1. The van der Waals surface area contributed by atoms with Crippen molar-refractivity contribution >= 4 is 0 Å². The zero-order valence-electron chi connectivity index (χ0n) is 5.84. The molecule has 2 fully saturated rings. The lowest BCUT2D eigenvalue weighted by molar-refractivity contribution is 0.395. The van der Waals surface area contributed by atoms with Crippen molar-refractivity contribution in [3.8, 4) is 0 Å². The molecule has 0 aliphatic heterocycles. The van der Waals surface area contributed by atoms with E-state index in [1.165, 1.54) is 25.7 Å². The number of fused-ring (bicyclic) bond motifs is 2. The van der Waals surface area contributed by atoms with E-state index in [0.717, 1.165) is 17.8 Å². The van der Waals surface area contributed by atoms with Crippen molar-refractivity contribution < 1.29 is 0 Å². The van der Waals surface area contributed by atoms with Crippen molar-refractivity contribution in [1.82, 2.24) is 0 Å². The van der Waals surface area contributed by atoms with Gasteiger partial charge in [0.15, 0.2) is 0 Å². The van der Waals surface area contributed by atoms with E-state index in [4.69, 9.17) is 0 Å². The molecular formula is C9H14. The zero-order valence-corrected chi connectivity index (χ0v) is 5.84. The van der Waals surface area contributed by atoms with Crippen molar-refractivity contribution in [2.24, 2.45) is 17.8 Å². The summed E-state index contributed by atoms with van der Waals surface area (Å²) in [5.41, 5.74) is 0. The Hall–Kier alpha value is -0.260. The second-order valence-corrected chi connectivity index (χ2v) is 3.57. The summed E-state index contributed by atoms with van der Waals surface area (Å²) in [6.45, 7) is 3.86. The van der Waals surface area contributed by atoms with E-state index >= 15 is 0 Å². The van der Waals surface area contributed by atoms with Crippen LogP contribution in [0.1, 0.15) is 25.7 Å². The van der Waals surface area contributed by atoms with Crippen LogP contribution in [-0.4, -0.2) is 0 Å². The summed E-state index contributed by atoms with van der Waals surface area (Å²) in [4.78, 5) is 0. The Balaban J connectivity index is 2.09. The summed E-state index contributed by atoms with van der Waals surface area (Å²) >= 11 is 0. The SMILES string of the molecule is C=C[C@@H]1CC2CCC1C2. The average Bonchev–Trinajstić information content (AvgIpc) is 2.45. The van der Waals surface area contributed by atoms with Crippen LogP contribution >= 0.6 is 0 Å². The first-order valence-electron chi connectivity index (χ1n) is 4.02. The number of hydrogen-bond acceptors (Lipinski definition) is 0. The van der Waals surface area contributed by atoms with Crippen LogP contribution in [0.2, 0.25) is 0 Å². The third kappa shape index (κ3) is 0.726. The molecule has 0 aromatic rings. The van der Waals surface area contributed by atoms with Gasteiger partial charge in [-0.3, -0.25) is 0 Å². The van der Waals surface area contributed by atoms with Crippen molar-refractivity contribution in [3.63, 3.8) is 0 Å². The Morgan fingerprint density at radius 3 is 2.44 bits per heavy atom. The molecule has 0 amide bonds. The fraction of sp³-hybridized carbons (Fsp3) is 0.778. The van der Waals surface area contributed by atoms with Crippen LogP contribution in [0.4, 0.5) is 0 Å². The van der Waals surface area contributed by atoms with Crippen LogP contribution in [-0.2, 0) is 0 Å². The van der Waals surface area contributed by atoms with Crippen LogP contribution in [0.15, 0.2) is 12.7 Å². The molecule has 0 heteroatoms. The highest BCUT2D eigenvalue weighted by Crippen LogP contribution is 2.48. The van der Waals surface area contributed by atoms with Crippen LogP contribution in [0, 0.1) is 17.8 Å². The van der Waals surface area contributed by atoms with Crippen LogP contribution in [0.5, 0.6) is 0 Å². The van der Waals surface area contributed by atoms with Gasteiger partial charge in [0, 0.05) is 0 Å². The second-order valence-electron chi connectivity index (χ2n) is 3.57. The second kappa shape index (κ2) is 1.86. The Labute approximate surface area is 57.0 Å². The third-order valence-electron chi connectivity index (χ3n) is 3.10. The van der Waals surface area contributed by atoms with Gasteiger partial charge >= 0.3 is 0 Å². The normalized spacial score (nSPS) is 47.8. The molecule has 9 heavy (non-hydrogen) atoms. The highest BCUT2D eigenvalue weighted by molar-refractivity contribution is 4.97. The van der Waals surface area contributed by atoms with Crippen molar-refractivity contribution in [2.45, 2.75) is 25.7 Å². The van der Waals surface area contributed by atoms with Gasteiger partial charge in [0.2, 0.25) is 0 Å². The van der Waals surface area contributed by atoms with Crippen molar-refractivity contribution in [3.05, 3.63) is 12.7 Å². The number of hydrogen-bond donors (Lipinski definition) is 0. The highest BCUT2D eigenvalue weighted by atomic mass is 14.4. The fourth-order valence-corrected chi connectivity index (χ4v) is 2.58. The summed E-state index contributed by atoms with van der Waals surface area (Å²) in [6, 6.07) is 0. The Morgan fingerprint density at radius 1 is 1.22 bits per heavy atom. The van der Waals surface area contributed by atoms with Gasteiger partial charge in [-0.2, -0.15) is 0 Å². The number of allylic oxidation sites excluding steroid dienone is 1. The molecule has 0 saturated heterocycles. The van der Waals surface area contributed by atoms with Gasteiger partial charge in [-0.1, -0.05) is 12.5 Å². The van der Waals surface area contributed by atoms with Crippen molar-refractivity contribution in [1.29, 1.82) is 0 Å². The largest absolute Gasteiger partial charge is 0.103 e. The first kappa shape index (κ1) is 5.52. The van der Waals surface area contributed by atoms with Crippen LogP contribution in [0.3, 0.4) is 0 Å². The summed E-state index contributed by atoms with van der Waals surface area (Å²) < 4.78 is 0. The summed E-state index contributed by atoms with van der Waals surface area (Å²) in [5.74, 6) is 3.01. The highest BCUT2D eigenvalue weighted by Gasteiger charge is 2.37. The third-order valence-corrected chi connectivity index (χ3v) is 3.10. The molecule has 2 unspecified atom stereocenters. The number of rotatable bonds is 1. The lowest BCUT2D eigenvalue weighted by atomic mass is 9.89. The molecule has 0 heterocycles. The average molecular weight is 122 g/mol. The molecule has 0 aromatic heterocycles. The summed E-state index contributed by atoms with van der Waals surface area (Å²) in [5, 5.41) is 0. The van der Waals surface area contributed by atoms with Crippen LogP contribution in [0.25, 0.3) is 0 Å². The smallest absolute Gasteiger partial charge is 0.0205 e. The van der Waals surface area contributed by atoms with Gasteiger partial charge in [0.1, 0.15) is 0 Å². The van der Waals surface area contributed by atoms with Crippen LogP contribution < -0.4 is 0 Å². The van der Waals surface area contributed by atoms with Gasteiger partial charge in [-0.25, -0.2) is 0 Å². The molecule has 2 aliphatic rings. The predicted octanol–water partition coefficient (Wildman–Crippen LogP) is 2.61. The van der Waals surface area contributed by atoms with E-state index in [1.807, 2.05) is 0 Å². The molecule has 0 nitrogen and oxygen atoms in total. The predicted molar refractivity (Wildman–Crippen MR) is 39.1 cm³/mol. The lowest BCUT2D eigenvalue weighted by Gasteiger charge is -2.16. The molecular weight excluding hydrogens is 108 g/mol. The molecule has 0 aromatic carbocycles. The molecule has 3 atom stereocenters. The maximum Gasteiger partial charge on any atom is -0.0205 e. The first-order valence-corrected chi connectivity index (χ1v) is 4.02. The Morgan fingerprint density at radius 2 is 2.11 bits per heavy atom.